The van der Waals surface area contributed by atoms with E-state index in [4.69, 9.17) is 0 Å². The lowest BCUT2D eigenvalue weighted by Gasteiger charge is -2.17. The summed E-state index contributed by atoms with van der Waals surface area (Å²) in [7, 11) is -1.88. The highest BCUT2D eigenvalue weighted by Gasteiger charge is 2.44. The fourth-order valence-corrected chi connectivity index (χ4v) is 3.82. The lowest BCUT2D eigenvalue weighted by atomic mass is 9.96. The van der Waals surface area contributed by atoms with Crippen molar-refractivity contribution in [2.45, 2.75) is 30.6 Å². The van der Waals surface area contributed by atoms with Gasteiger partial charge in [-0.25, -0.2) is 17.9 Å². The number of hydrogen-bond acceptors (Lipinski definition) is 3. The SMILES string of the molecule is CNS(=O)(=O)Cc1ccc(CNC(=O)NCC2(c3ccccc3)CC2)cc1. The Morgan fingerprint density at radius 2 is 1.59 bits per heavy atom. The fourth-order valence-electron chi connectivity index (χ4n) is 3.05. The Kier molecular flexibility index (Phi) is 5.82. The Morgan fingerprint density at radius 3 is 2.19 bits per heavy atom. The van der Waals surface area contributed by atoms with E-state index >= 15 is 0 Å². The van der Waals surface area contributed by atoms with Gasteiger partial charge < -0.3 is 10.6 Å². The Labute approximate surface area is 160 Å². The molecule has 0 radical (unpaired) electrons. The predicted molar refractivity (Wildman–Crippen MR) is 106 cm³/mol. The summed E-state index contributed by atoms with van der Waals surface area (Å²) in [6, 6.07) is 17.3. The number of nitrogens with one attached hydrogen (secondary N) is 3. The van der Waals surface area contributed by atoms with E-state index in [0.717, 1.165) is 18.4 Å². The van der Waals surface area contributed by atoms with Crippen LogP contribution in [0.2, 0.25) is 0 Å². The molecule has 2 amide bonds. The van der Waals surface area contributed by atoms with Gasteiger partial charge in [-0.15, -0.1) is 0 Å². The maximum absolute atomic E-state index is 12.1. The first-order valence-corrected chi connectivity index (χ1v) is 10.6. The molecule has 0 heterocycles. The van der Waals surface area contributed by atoms with Gasteiger partial charge in [0.1, 0.15) is 0 Å². The van der Waals surface area contributed by atoms with Crippen LogP contribution in [-0.4, -0.2) is 28.0 Å². The summed E-state index contributed by atoms with van der Waals surface area (Å²) < 4.78 is 25.4. The first kappa shape index (κ1) is 19.4. The van der Waals surface area contributed by atoms with Crippen molar-refractivity contribution in [3.05, 3.63) is 71.3 Å². The number of hydrogen-bond donors (Lipinski definition) is 3. The van der Waals surface area contributed by atoms with E-state index < -0.39 is 10.0 Å². The Hall–Kier alpha value is -2.38. The van der Waals surface area contributed by atoms with Crippen LogP contribution in [0.25, 0.3) is 0 Å². The van der Waals surface area contributed by atoms with Crippen molar-refractivity contribution in [2.75, 3.05) is 13.6 Å². The van der Waals surface area contributed by atoms with Gasteiger partial charge in [0.2, 0.25) is 10.0 Å². The molecular weight excluding hydrogens is 362 g/mol. The molecule has 7 heteroatoms. The number of carbonyl (C=O) groups is 1. The van der Waals surface area contributed by atoms with Gasteiger partial charge in [-0.1, -0.05) is 54.6 Å². The molecule has 144 valence electrons. The minimum absolute atomic E-state index is 0.0563. The quantitative estimate of drug-likeness (QED) is 0.649. The minimum Gasteiger partial charge on any atom is -0.337 e. The van der Waals surface area contributed by atoms with Crippen LogP contribution in [0.3, 0.4) is 0 Å². The number of benzene rings is 2. The molecule has 6 nitrogen and oxygen atoms in total. The molecule has 0 atom stereocenters. The summed E-state index contributed by atoms with van der Waals surface area (Å²) in [6.07, 6.45) is 2.18. The molecule has 1 saturated carbocycles. The number of urea groups is 1. The highest BCUT2D eigenvalue weighted by atomic mass is 32.2. The van der Waals surface area contributed by atoms with Crippen molar-refractivity contribution in [1.29, 1.82) is 0 Å². The van der Waals surface area contributed by atoms with Gasteiger partial charge in [0, 0.05) is 18.5 Å². The molecule has 2 aromatic rings. The first-order chi connectivity index (χ1) is 12.9. The van der Waals surface area contributed by atoms with Gasteiger partial charge in [0.05, 0.1) is 5.75 Å². The molecule has 0 unspecified atom stereocenters. The third kappa shape index (κ3) is 5.30. The van der Waals surface area contributed by atoms with E-state index in [1.165, 1.54) is 12.6 Å². The zero-order valence-electron chi connectivity index (χ0n) is 15.4. The second kappa shape index (κ2) is 8.10. The average molecular weight is 388 g/mol. The second-order valence-corrected chi connectivity index (χ2v) is 8.89. The molecule has 0 bridgehead atoms. The van der Waals surface area contributed by atoms with Gasteiger partial charge in [0.15, 0.2) is 0 Å². The average Bonchev–Trinajstić information content (AvgIpc) is 3.47. The van der Waals surface area contributed by atoms with Crippen LogP contribution >= 0.6 is 0 Å². The van der Waals surface area contributed by atoms with Gasteiger partial charge in [-0.05, 0) is 36.6 Å². The maximum Gasteiger partial charge on any atom is 0.315 e. The van der Waals surface area contributed by atoms with E-state index in [0.29, 0.717) is 18.7 Å². The highest BCUT2D eigenvalue weighted by molar-refractivity contribution is 7.88. The molecule has 1 aliphatic rings. The van der Waals surface area contributed by atoms with Crippen molar-refractivity contribution in [3.8, 4) is 0 Å². The van der Waals surface area contributed by atoms with Crippen LogP contribution < -0.4 is 15.4 Å². The lowest BCUT2D eigenvalue weighted by molar-refractivity contribution is 0.239. The molecule has 1 aliphatic carbocycles. The van der Waals surface area contributed by atoms with E-state index in [-0.39, 0.29) is 17.2 Å². The van der Waals surface area contributed by atoms with E-state index in [9.17, 15) is 13.2 Å². The van der Waals surface area contributed by atoms with Crippen LogP contribution in [-0.2, 0) is 27.7 Å². The third-order valence-corrected chi connectivity index (χ3v) is 6.31. The molecule has 0 aliphatic heterocycles. The normalized spacial score (nSPS) is 15.1. The lowest BCUT2D eigenvalue weighted by Crippen LogP contribution is -2.39. The van der Waals surface area contributed by atoms with E-state index in [1.54, 1.807) is 12.1 Å². The monoisotopic (exact) mass is 387 g/mol. The summed E-state index contributed by atoms with van der Waals surface area (Å²) in [4.78, 5) is 12.1. The van der Waals surface area contributed by atoms with Crippen molar-refractivity contribution in [1.82, 2.24) is 15.4 Å². The summed E-state index contributed by atoms with van der Waals surface area (Å²) in [5.74, 6) is -0.0563. The zero-order valence-corrected chi connectivity index (χ0v) is 16.2. The van der Waals surface area contributed by atoms with Gasteiger partial charge in [0.25, 0.3) is 0 Å². The van der Waals surface area contributed by atoms with Crippen LogP contribution in [0, 0.1) is 0 Å². The molecule has 3 N–H and O–H groups in total. The van der Waals surface area contributed by atoms with Gasteiger partial charge >= 0.3 is 6.03 Å². The van der Waals surface area contributed by atoms with Crippen molar-refractivity contribution in [2.24, 2.45) is 0 Å². The molecule has 3 rings (SSSR count). The number of sulfonamides is 1. The van der Waals surface area contributed by atoms with Crippen LogP contribution in [0.5, 0.6) is 0 Å². The molecule has 0 spiro atoms. The van der Waals surface area contributed by atoms with Crippen molar-refractivity contribution in [3.63, 3.8) is 0 Å². The van der Waals surface area contributed by atoms with Gasteiger partial charge in [-0.2, -0.15) is 0 Å². The summed E-state index contributed by atoms with van der Waals surface area (Å²) in [5, 5.41) is 5.82. The summed E-state index contributed by atoms with van der Waals surface area (Å²) in [5.41, 5.74) is 2.98. The molecule has 0 aromatic heterocycles. The molecule has 0 saturated heterocycles. The molecular formula is C20H25N3O3S. The predicted octanol–water partition coefficient (Wildman–Crippen LogP) is 2.27. The Morgan fingerprint density at radius 1 is 0.963 bits per heavy atom. The summed E-state index contributed by atoms with van der Waals surface area (Å²) in [6.45, 7) is 1.02. The highest BCUT2D eigenvalue weighted by Crippen LogP contribution is 2.47. The number of rotatable bonds is 8. The Balaban J connectivity index is 1.46. The summed E-state index contributed by atoms with van der Waals surface area (Å²) >= 11 is 0. The standard InChI is InChI=1S/C20H25N3O3S/c1-21-27(25,26)14-17-9-7-16(8-10-17)13-22-19(24)23-15-20(11-12-20)18-5-3-2-4-6-18/h2-10,21H,11-15H2,1H3,(H2,22,23,24). The van der Waals surface area contributed by atoms with Crippen molar-refractivity contribution < 1.29 is 13.2 Å². The van der Waals surface area contributed by atoms with Gasteiger partial charge in [-0.3, -0.25) is 0 Å². The zero-order chi connectivity index (χ0) is 19.3. The van der Waals surface area contributed by atoms with E-state index in [1.807, 2.05) is 30.3 Å². The second-order valence-electron chi connectivity index (χ2n) is 6.96. The van der Waals surface area contributed by atoms with Crippen LogP contribution in [0.4, 0.5) is 4.79 Å². The van der Waals surface area contributed by atoms with Crippen molar-refractivity contribution >= 4 is 16.1 Å². The number of amides is 2. The maximum atomic E-state index is 12.1. The molecule has 2 aromatic carbocycles. The third-order valence-electron chi connectivity index (χ3n) is 4.97. The smallest absolute Gasteiger partial charge is 0.315 e. The van der Waals surface area contributed by atoms with E-state index in [2.05, 4.69) is 27.5 Å². The number of carbonyl (C=O) groups excluding carboxylic acids is 1. The van der Waals surface area contributed by atoms with Crippen LogP contribution in [0.15, 0.2) is 54.6 Å². The topological polar surface area (TPSA) is 87.3 Å². The van der Waals surface area contributed by atoms with Crippen LogP contribution in [0.1, 0.15) is 29.5 Å². The minimum atomic E-state index is -3.28. The molecule has 27 heavy (non-hydrogen) atoms. The fraction of sp³-hybridized carbons (Fsp3) is 0.350. The Bertz CT molecular complexity index is 876. The molecule has 1 fully saturated rings. The first-order valence-electron chi connectivity index (χ1n) is 8.99. The largest absolute Gasteiger partial charge is 0.337 e.